The number of amides is 1. The monoisotopic (exact) mass is 335 g/mol. The number of carbonyl (C=O) groups excluding carboxylic acids is 1. The number of ether oxygens (including phenoxy) is 2. The predicted octanol–water partition coefficient (Wildman–Crippen LogP) is 2.64. The van der Waals surface area contributed by atoms with Crippen molar-refractivity contribution in [2.75, 3.05) is 27.3 Å². The second-order valence-electron chi connectivity index (χ2n) is 5.37. The van der Waals surface area contributed by atoms with E-state index in [0.29, 0.717) is 35.2 Å². The van der Waals surface area contributed by atoms with E-state index in [2.05, 4.69) is 5.10 Å². The fourth-order valence-electron chi connectivity index (χ4n) is 2.88. The van der Waals surface area contributed by atoms with Gasteiger partial charge >= 0.3 is 0 Å². The number of methoxy groups -OCH3 is 2. The molecule has 0 saturated carbocycles. The van der Waals surface area contributed by atoms with Gasteiger partial charge in [-0.3, -0.25) is 9.48 Å². The smallest absolute Gasteiger partial charge is 0.261 e. The van der Waals surface area contributed by atoms with Gasteiger partial charge in [0.05, 0.1) is 31.5 Å². The van der Waals surface area contributed by atoms with Crippen LogP contribution in [-0.4, -0.2) is 47.9 Å². The SMILES string of the molecule is COc1cccc(OC)c1C(=O)N1CCC(n2cc(Cl)cn2)C1. The first-order chi connectivity index (χ1) is 11.1. The first-order valence-electron chi connectivity index (χ1n) is 7.34. The summed E-state index contributed by atoms with van der Waals surface area (Å²) in [5.74, 6) is 0.930. The Morgan fingerprint density at radius 1 is 1.30 bits per heavy atom. The number of halogens is 1. The molecular formula is C16H18ClN3O3. The van der Waals surface area contributed by atoms with Crippen molar-refractivity contribution in [3.63, 3.8) is 0 Å². The molecule has 23 heavy (non-hydrogen) atoms. The lowest BCUT2D eigenvalue weighted by Crippen LogP contribution is -2.30. The fourth-order valence-corrected chi connectivity index (χ4v) is 3.02. The number of carbonyl (C=O) groups is 1. The first-order valence-corrected chi connectivity index (χ1v) is 7.71. The Morgan fingerprint density at radius 2 is 2.00 bits per heavy atom. The van der Waals surface area contributed by atoms with Crippen LogP contribution >= 0.6 is 11.6 Å². The molecule has 122 valence electrons. The minimum Gasteiger partial charge on any atom is -0.496 e. The molecule has 3 rings (SSSR count). The van der Waals surface area contributed by atoms with E-state index in [-0.39, 0.29) is 11.9 Å². The van der Waals surface area contributed by atoms with Gasteiger partial charge in [0, 0.05) is 19.3 Å². The third-order valence-electron chi connectivity index (χ3n) is 4.04. The Balaban J connectivity index is 1.82. The van der Waals surface area contributed by atoms with E-state index in [4.69, 9.17) is 21.1 Å². The zero-order chi connectivity index (χ0) is 16.4. The number of hydrogen-bond donors (Lipinski definition) is 0. The highest BCUT2D eigenvalue weighted by Gasteiger charge is 2.31. The van der Waals surface area contributed by atoms with Crippen LogP contribution in [0, 0.1) is 0 Å². The maximum atomic E-state index is 12.9. The average Bonchev–Trinajstić information content (AvgIpc) is 3.22. The van der Waals surface area contributed by atoms with Crippen LogP contribution in [0.5, 0.6) is 11.5 Å². The van der Waals surface area contributed by atoms with E-state index < -0.39 is 0 Å². The lowest BCUT2D eigenvalue weighted by Gasteiger charge is -2.20. The lowest BCUT2D eigenvalue weighted by molar-refractivity contribution is 0.0780. The van der Waals surface area contributed by atoms with Crippen molar-refractivity contribution in [1.82, 2.24) is 14.7 Å². The quantitative estimate of drug-likeness (QED) is 0.862. The van der Waals surface area contributed by atoms with E-state index >= 15 is 0 Å². The minimum atomic E-state index is -0.0972. The number of benzene rings is 1. The molecule has 1 atom stereocenters. The third-order valence-corrected chi connectivity index (χ3v) is 4.23. The predicted molar refractivity (Wildman–Crippen MR) is 86.3 cm³/mol. The van der Waals surface area contributed by atoms with Crippen molar-refractivity contribution in [2.45, 2.75) is 12.5 Å². The van der Waals surface area contributed by atoms with Crippen LogP contribution in [-0.2, 0) is 0 Å². The van der Waals surface area contributed by atoms with Crippen LogP contribution in [0.2, 0.25) is 5.02 Å². The highest BCUT2D eigenvalue weighted by molar-refractivity contribution is 6.30. The molecule has 1 amide bonds. The molecule has 2 heterocycles. The molecule has 1 aliphatic heterocycles. The molecule has 0 radical (unpaired) electrons. The van der Waals surface area contributed by atoms with Gasteiger partial charge in [-0.25, -0.2) is 0 Å². The van der Waals surface area contributed by atoms with E-state index in [1.807, 2.05) is 4.68 Å². The zero-order valence-electron chi connectivity index (χ0n) is 13.0. The van der Waals surface area contributed by atoms with Crippen LogP contribution in [0.4, 0.5) is 0 Å². The van der Waals surface area contributed by atoms with Crippen molar-refractivity contribution >= 4 is 17.5 Å². The van der Waals surface area contributed by atoms with Gasteiger partial charge in [-0.2, -0.15) is 5.10 Å². The Morgan fingerprint density at radius 3 is 2.57 bits per heavy atom. The van der Waals surface area contributed by atoms with E-state index in [9.17, 15) is 4.79 Å². The van der Waals surface area contributed by atoms with Gasteiger partial charge in [0.25, 0.3) is 5.91 Å². The van der Waals surface area contributed by atoms with Crippen molar-refractivity contribution in [3.8, 4) is 11.5 Å². The highest BCUT2D eigenvalue weighted by atomic mass is 35.5. The van der Waals surface area contributed by atoms with Gasteiger partial charge < -0.3 is 14.4 Å². The lowest BCUT2D eigenvalue weighted by atomic mass is 10.1. The van der Waals surface area contributed by atoms with E-state index in [1.54, 1.807) is 49.7 Å². The molecule has 1 unspecified atom stereocenters. The Hall–Kier alpha value is -2.21. The molecule has 1 aromatic carbocycles. The maximum absolute atomic E-state index is 12.9. The molecule has 1 fully saturated rings. The van der Waals surface area contributed by atoms with Crippen molar-refractivity contribution < 1.29 is 14.3 Å². The molecule has 0 aliphatic carbocycles. The molecule has 0 spiro atoms. The summed E-state index contributed by atoms with van der Waals surface area (Å²) in [6.45, 7) is 1.24. The van der Waals surface area contributed by atoms with Crippen LogP contribution in [0.3, 0.4) is 0 Å². The molecule has 6 nitrogen and oxygen atoms in total. The Bertz CT molecular complexity index is 694. The molecular weight excluding hydrogens is 318 g/mol. The number of aromatic nitrogens is 2. The summed E-state index contributed by atoms with van der Waals surface area (Å²) < 4.78 is 12.5. The summed E-state index contributed by atoms with van der Waals surface area (Å²) in [5.41, 5.74) is 0.455. The summed E-state index contributed by atoms with van der Waals surface area (Å²) in [4.78, 5) is 14.7. The van der Waals surface area contributed by atoms with Crippen LogP contribution in [0.25, 0.3) is 0 Å². The number of hydrogen-bond acceptors (Lipinski definition) is 4. The topological polar surface area (TPSA) is 56.6 Å². The maximum Gasteiger partial charge on any atom is 0.261 e. The van der Waals surface area contributed by atoms with E-state index in [0.717, 1.165) is 6.42 Å². The van der Waals surface area contributed by atoms with Gasteiger partial charge in [0.1, 0.15) is 17.1 Å². The van der Waals surface area contributed by atoms with Gasteiger partial charge in [0.2, 0.25) is 0 Å². The van der Waals surface area contributed by atoms with Gasteiger partial charge in [-0.05, 0) is 18.6 Å². The Labute approximate surface area is 139 Å². The molecule has 1 aromatic heterocycles. The number of nitrogens with zero attached hydrogens (tertiary/aromatic N) is 3. The van der Waals surface area contributed by atoms with Crippen LogP contribution in [0.15, 0.2) is 30.6 Å². The van der Waals surface area contributed by atoms with Gasteiger partial charge in [-0.15, -0.1) is 0 Å². The molecule has 1 saturated heterocycles. The summed E-state index contributed by atoms with van der Waals surface area (Å²) in [6.07, 6.45) is 4.22. The average molecular weight is 336 g/mol. The first kappa shape index (κ1) is 15.7. The molecule has 7 heteroatoms. The van der Waals surface area contributed by atoms with E-state index in [1.165, 1.54) is 0 Å². The van der Waals surface area contributed by atoms with Crippen molar-refractivity contribution in [2.24, 2.45) is 0 Å². The standard InChI is InChI=1S/C16H18ClN3O3/c1-22-13-4-3-5-14(23-2)15(13)16(21)19-7-6-12(10-19)20-9-11(17)8-18-20/h3-5,8-9,12H,6-7,10H2,1-2H3. The minimum absolute atomic E-state index is 0.0972. The molecule has 2 aromatic rings. The number of rotatable bonds is 4. The van der Waals surface area contributed by atoms with Crippen LogP contribution in [0.1, 0.15) is 22.8 Å². The summed E-state index contributed by atoms with van der Waals surface area (Å²) in [5, 5.41) is 4.83. The largest absolute Gasteiger partial charge is 0.496 e. The summed E-state index contributed by atoms with van der Waals surface area (Å²) >= 11 is 5.92. The zero-order valence-corrected chi connectivity index (χ0v) is 13.8. The van der Waals surface area contributed by atoms with Crippen LogP contribution < -0.4 is 9.47 Å². The second-order valence-corrected chi connectivity index (χ2v) is 5.81. The number of likely N-dealkylation sites (tertiary alicyclic amines) is 1. The van der Waals surface area contributed by atoms with Crippen molar-refractivity contribution in [1.29, 1.82) is 0 Å². The van der Waals surface area contributed by atoms with Crippen molar-refractivity contribution in [3.05, 3.63) is 41.2 Å². The normalized spacial score (nSPS) is 17.3. The second kappa shape index (κ2) is 6.50. The molecule has 1 aliphatic rings. The molecule has 0 N–H and O–H groups in total. The summed E-state index contributed by atoms with van der Waals surface area (Å²) in [7, 11) is 3.09. The molecule has 0 bridgehead atoms. The highest BCUT2D eigenvalue weighted by Crippen LogP contribution is 2.32. The summed E-state index contributed by atoms with van der Waals surface area (Å²) in [6, 6.07) is 5.45. The third kappa shape index (κ3) is 2.99. The fraction of sp³-hybridized carbons (Fsp3) is 0.375. The van der Waals surface area contributed by atoms with Gasteiger partial charge in [-0.1, -0.05) is 17.7 Å². The van der Waals surface area contributed by atoms with Gasteiger partial charge in [0.15, 0.2) is 0 Å². The Kier molecular flexibility index (Phi) is 4.43.